The standard InChI is InChI=1S/C18H24N2O5/c1-6-10-24-12-17(22)20(5)16-11-14(19(4)13(3)21)8-9-15(16)18(23)25-7-2/h6,8-9,11H,1,7,10,12H2,2-5H3. The molecule has 0 saturated carbocycles. The number of likely N-dealkylation sites (N-methyl/N-ethyl adjacent to an activating group) is 1. The van der Waals surface area contributed by atoms with Crippen LogP contribution in [0.1, 0.15) is 24.2 Å². The summed E-state index contributed by atoms with van der Waals surface area (Å²) in [5.74, 6) is -1.05. The van der Waals surface area contributed by atoms with Crippen molar-refractivity contribution in [3.63, 3.8) is 0 Å². The van der Waals surface area contributed by atoms with Crippen molar-refractivity contribution in [2.75, 3.05) is 43.7 Å². The largest absolute Gasteiger partial charge is 0.462 e. The monoisotopic (exact) mass is 348 g/mol. The van der Waals surface area contributed by atoms with Gasteiger partial charge in [0.1, 0.15) is 6.61 Å². The second-order valence-corrected chi connectivity index (χ2v) is 5.26. The minimum absolute atomic E-state index is 0.155. The molecule has 7 nitrogen and oxygen atoms in total. The van der Waals surface area contributed by atoms with E-state index in [-0.39, 0.29) is 37.2 Å². The van der Waals surface area contributed by atoms with Crippen LogP contribution in [0.4, 0.5) is 11.4 Å². The molecule has 7 heteroatoms. The molecule has 0 aliphatic heterocycles. The van der Waals surface area contributed by atoms with E-state index in [1.165, 1.54) is 29.8 Å². The third kappa shape index (κ3) is 5.42. The number of carbonyl (C=O) groups excluding carboxylic acids is 3. The molecule has 0 aliphatic rings. The van der Waals surface area contributed by atoms with Gasteiger partial charge in [-0.3, -0.25) is 9.59 Å². The maximum absolute atomic E-state index is 12.3. The lowest BCUT2D eigenvalue weighted by atomic mass is 10.1. The Balaban J connectivity index is 3.22. The molecule has 0 atom stereocenters. The van der Waals surface area contributed by atoms with Crippen LogP contribution in [0.5, 0.6) is 0 Å². The summed E-state index contributed by atoms with van der Waals surface area (Å²) in [6.07, 6.45) is 1.54. The lowest BCUT2D eigenvalue weighted by Crippen LogP contribution is -2.32. The molecule has 0 spiro atoms. The van der Waals surface area contributed by atoms with Crippen molar-refractivity contribution >= 4 is 29.2 Å². The van der Waals surface area contributed by atoms with Gasteiger partial charge in [-0.15, -0.1) is 6.58 Å². The first-order valence-corrected chi connectivity index (χ1v) is 7.84. The Bertz CT molecular complexity index is 657. The highest BCUT2D eigenvalue weighted by Gasteiger charge is 2.21. The number of rotatable bonds is 8. The van der Waals surface area contributed by atoms with Gasteiger partial charge in [-0.25, -0.2) is 4.79 Å². The van der Waals surface area contributed by atoms with Crippen molar-refractivity contribution in [3.05, 3.63) is 36.4 Å². The van der Waals surface area contributed by atoms with Crippen LogP contribution in [0.25, 0.3) is 0 Å². The normalized spacial score (nSPS) is 10.1. The Hall–Kier alpha value is -2.67. The Morgan fingerprint density at radius 2 is 1.88 bits per heavy atom. The fourth-order valence-electron chi connectivity index (χ4n) is 2.03. The smallest absolute Gasteiger partial charge is 0.340 e. The zero-order valence-electron chi connectivity index (χ0n) is 15.1. The highest BCUT2D eigenvalue weighted by Crippen LogP contribution is 2.27. The number of esters is 1. The van der Waals surface area contributed by atoms with E-state index in [1.807, 2.05) is 0 Å². The van der Waals surface area contributed by atoms with E-state index in [2.05, 4.69) is 6.58 Å². The van der Waals surface area contributed by atoms with Crippen LogP contribution in [0.2, 0.25) is 0 Å². The summed E-state index contributed by atoms with van der Waals surface area (Å²) in [4.78, 5) is 38.8. The third-order valence-corrected chi connectivity index (χ3v) is 3.53. The van der Waals surface area contributed by atoms with E-state index in [9.17, 15) is 14.4 Å². The topological polar surface area (TPSA) is 76.2 Å². The first-order valence-electron chi connectivity index (χ1n) is 7.84. The molecule has 0 aliphatic carbocycles. The van der Waals surface area contributed by atoms with Gasteiger partial charge in [0.15, 0.2) is 0 Å². The number of hydrogen-bond acceptors (Lipinski definition) is 5. The molecule has 0 saturated heterocycles. The zero-order chi connectivity index (χ0) is 19.0. The fraction of sp³-hybridized carbons (Fsp3) is 0.389. The second-order valence-electron chi connectivity index (χ2n) is 5.26. The van der Waals surface area contributed by atoms with Crippen molar-refractivity contribution in [3.8, 4) is 0 Å². The van der Waals surface area contributed by atoms with E-state index in [4.69, 9.17) is 9.47 Å². The Morgan fingerprint density at radius 3 is 2.44 bits per heavy atom. The number of nitrogens with zero attached hydrogens (tertiary/aromatic N) is 2. The quantitative estimate of drug-likeness (QED) is 0.408. The summed E-state index contributed by atoms with van der Waals surface area (Å²) in [6.45, 7) is 6.95. The summed E-state index contributed by atoms with van der Waals surface area (Å²) >= 11 is 0. The molecular weight excluding hydrogens is 324 g/mol. The van der Waals surface area contributed by atoms with E-state index in [0.717, 1.165) is 0 Å². The molecule has 25 heavy (non-hydrogen) atoms. The number of carbonyl (C=O) groups is 3. The van der Waals surface area contributed by atoms with Crippen molar-refractivity contribution < 1.29 is 23.9 Å². The molecule has 0 radical (unpaired) electrons. The van der Waals surface area contributed by atoms with E-state index < -0.39 is 5.97 Å². The fourth-order valence-corrected chi connectivity index (χ4v) is 2.03. The lowest BCUT2D eigenvalue weighted by Gasteiger charge is -2.23. The maximum atomic E-state index is 12.3. The minimum Gasteiger partial charge on any atom is -0.462 e. The number of benzene rings is 1. The van der Waals surface area contributed by atoms with Crippen molar-refractivity contribution in [2.45, 2.75) is 13.8 Å². The van der Waals surface area contributed by atoms with Crippen molar-refractivity contribution in [2.24, 2.45) is 0 Å². The van der Waals surface area contributed by atoms with Gasteiger partial charge in [-0.1, -0.05) is 6.08 Å². The lowest BCUT2D eigenvalue weighted by molar-refractivity contribution is -0.122. The summed E-state index contributed by atoms with van der Waals surface area (Å²) in [5.41, 5.74) is 1.14. The number of anilines is 2. The molecule has 0 unspecified atom stereocenters. The van der Waals surface area contributed by atoms with Gasteiger partial charge in [0.05, 0.1) is 24.5 Å². The van der Waals surface area contributed by atoms with Gasteiger partial charge in [0.2, 0.25) is 5.91 Å². The summed E-state index contributed by atoms with van der Waals surface area (Å²) in [6, 6.07) is 4.76. The number of ether oxygens (including phenoxy) is 2. The van der Waals surface area contributed by atoms with Gasteiger partial charge in [-0.2, -0.15) is 0 Å². The van der Waals surface area contributed by atoms with Crippen LogP contribution in [0.3, 0.4) is 0 Å². The number of hydrogen-bond donors (Lipinski definition) is 0. The first kappa shape index (κ1) is 20.4. The highest BCUT2D eigenvalue weighted by atomic mass is 16.5. The average molecular weight is 348 g/mol. The minimum atomic E-state index is -0.541. The van der Waals surface area contributed by atoms with E-state index in [0.29, 0.717) is 11.4 Å². The molecule has 0 heterocycles. The summed E-state index contributed by atoms with van der Waals surface area (Å²) in [7, 11) is 3.15. The Labute approximate surface area is 147 Å². The van der Waals surface area contributed by atoms with Gasteiger partial charge >= 0.3 is 5.97 Å². The van der Waals surface area contributed by atoms with Gasteiger partial charge in [-0.05, 0) is 25.1 Å². The van der Waals surface area contributed by atoms with Crippen LogP contribution in [-0.2, 0) is 19.1 Å². The second kappa shape index (κ2) is 9.58. The Kier molecular flexibility index (Phi) is 7.81. The first-order chi connectivity index (χ1) is 11.8. The summed E-state index contributed by atoms with van der Waals surface area (Å²) < 4.78 is 10.2. The van der Waals surface area contributed by atoms with Crippen molar-refractivity contribution in [1.29, 1.82) is 0 Å². The van der Waals surface area contributed by atoms with E-state index >= 15 is 0 Å². The van der Waals surface area contributed by atoms with Gasteiger partial charge in [0, 0.05) is 26.7 Å². The summed E-state index contributed by atoms with van der Waals surface area (Å²) in [5, 5.41) is 0. The number of amides is 2. The average Bonchev–Trinajstić information content (AvgIpc) is 2.60. The predicted octanol–water partition coefficient (Wildman–Crippen LogP) is 2.01. The molecule has 1 aromatic carbocycles. The predicted molar refractivity (Wildman–Crippen MR) is 95.9 cm³/mol. The molecule has 0 N–H and O–H groups in total. The van der Waals surface area contributed by atoms with Gasteiger partial charge in [0.25, 0.3) is 5.91 Å². The van der Waals surface area contributed by atoms with Crippen LogP contribution in [0.15, 0.2) is 30.9 Å². The molecule has 0 fully saturated rings. The third-order valence-electron chi connectivity index (χ3n) is 3.53. The molecule has 1 aromatic rings. The Morgan fingerprint density at radius 1 is 1.20 bits per heavy atom. The highest BCUT2D eigenvalue weighted by molar-refractivity contribution is 6.04. The molecule has 2 amide bonds. The van der Waals surface area contributed by atoms with Gasteiger partial charge < -0.3 is 19.3 Å². The molecule has 1 rings (SSSR count). The molecular formula is C18H24N2O5. The van der Waals surface area contributed by atoms with Crippen LogP contribution < -0.4 is 9.80 Å². The molecule has 136 valence electrons. The van der Waals surface area contributed by atoms with Crippen LogP contribution >= 0.6 is 0 Å². The zero-order valence-corrected chi connectivity index (χ0v) is 15.1. The van der Waals surface area contributed by atoms with E-state index in [1.54, 1.807) is 32.2 Å². The maximum Gasteiger partial charge on any atom is 0.340 e. The molecule has 0 bridgehead atoms. The van der Waals surface area contributed by atoms with Crippen molar-refractivity contribution in [1.82, 2.24) is 0 Å². The SMILES string of the molecule is C=CCOCC(=O)N(C)c1cc(N(C)C(C)=O)ccc1C(=O)OCC. The van der Waals surface area contributed by atoms with Crippen LogP contribution in [0, 0.1) is 0 Å². The van der Waals surface area contributed by atoms with Crippen LogP contribution in [-0.4, -0.2) is 51.7 Å². The molecule has 0 aromatic heterocycles.